The summed E-state index contributed by atoms with van der Waals surface area (Å²) in [5, 5.41) is 0. The molecule has 0 unspecified atom stereocenters. The minimum absolute atomic E-state index is 1.82. The molecule has 0 heterocycles. The zero-order valence-electron chi connectivity index (χ0n) is 9.34. The standard InChI is InChI=1S/C4H4F8O8P2/c5-1(6,19-3(9,10)21(13,14)15)2(7,8)20-4(11,12)22(16,17)18/h(H2,13,14,15)(H2,16,17,18). The first-order valence-electron chi connectivity index (χ1n) is 4.19. The third-order valence-electron chi connectivity index (χ3n) is 1.52. The second kappa shape index (κ2) is 5.63. The summed E-state index contributed by atoms with van der Waals surface area (Å²) in [4.78, 5) is 31.5. The third kappa shape index (κ3) is 4.58. The molecule has 22 heavy (non-hydrogen) atoms. The van der Waals surface area contributed by atoms with Gasteiger partial charge in [-0.3, -0.25) is 9.13 Å². The molecule has 0 aromatic heterocycles. The van der Waals surface area contributed by atoms with Crippen molar-refractivity contribution in [1.29, 1.82) is 0 Å². The number of halogens is 8. The van der Waals surface area contributed by atoms with Crippen LogP contribution in [0.5, 0.6) is 0 Å². The average Bonchev–Trinajstić information content (AvgIpc) is 2.09. The summed E-state index contributed by atoms with van der Waals surface area (Å²) in [7, 11) is -13.8. The maximum absolute atomic E-state index is 12.6. The van der Waals surface area contributed by atoms with Crippen LogP contribution in [0.1, 0.15) is 0 Å². The van der Waals surface area contributed by atoms with Crippen LogP contribution in [-0.4, -0.2) is 43.5 Å². The van der Waals surface area contributed by atoms with Crippen LogP contribution >= 0.6 is 15.2 Å². The fourth-order valence-electron chi connectivity index (χ4n) is 0.546. The highest BCUT2D eigenvalue weighted by Gasteiger charge is 2.72. The normalized spacial score (nSPS) is 16.0. The van der Waals surface area contributed by atoms with E-state index in [2.05, 4.69) is 0 Å². The van der Waals surface area contributed by atoms with Crippen LogP contribution in [0.15, 0.2) is 0 Å². The third-order valence-corrected chi connectivity index (χ3v) is 3.06. The summed E-state index contributed by atoms with van der Waals surface area (Å²) in [6.45, 7) is 0. The maximum Gasteiger partial charge on any atom is 0.463 e. The predicted octanol–water partition coefficient (Wildman–Crippen LogP) is 1.66. The zero-order valence-corrected chi connectivity index (χ0v) is 11.1. The lowest BCUT2D eigenvalue weighted by atomic mass is 10.6. The number of hydrogen-bond donors (Lipinski definition) is 4. The summed E-state index contributed by atoms with van der Waals surface area (Å²) in [5.74, 6) is -12.5. The highest BCUT2D eigenvalue weighted by Crippen LogP contribution is 2.60. The molecule has 0 saturated heterocycles. The molecule has 0 amide bonds. The molecule has 8 nitrogen and oxygen atoms in total. The van der Waals surface area contributed by atoms with Crippen LogP contribution in [0.2, 0.25) is 0 Å². The molecule has 0 aliphatic carbocycles. The van der Waals surface area contributed by atoms with E-state index < -0.39 is 39.1 Å². The lowest BCUT2D eigenvalue weighted by Gasteiger charge is -2.31. The Kier molecular flexibility index (Phi) is 5.54. The van der Waals surface area contributed by atoms with Crippen LogP contribution in [0.25, 0.3) is 0 Å². The molecular formula is C4H4F8O8P2. The average molecular weight is 394 g/mol. The largest absolute Gasteiger partial charge is 0.463 e. The van der Waals surface area contributed by atoms with Crippen LogP contribution < -0.4 is 0 Å². The van der Waals surface area contributed by atoms with Crippen molar-refractivity contribution in [2.24, 2.45) is 0 Å². The Morgan fingerprint density at radius 3 is 0.909 bits per heavy atom. The Bertz CT molecular complexity index is 462. The molecule has 0 rings (SSSR count). The van der Waals surface area contributed by atoms with Crippen molar-refractivity contribution in [3.63, 3.8) is 0 Å². The van der Waals surface area contributed by atoms with Crippen LogP contribution in [0.4, 0.5) is 35.1 Å². The van der Waals surface area contributed by atoms with E-state index in [0.29, 0.717) is 0 Å². The van der Waals surface area contributed by atoms with Crippen LogP contribution in [0.3, 0.4) is 0 Å². The van der Waals surface area contributed by atoms with Gasteiger partial charge in [-0.1, -0.05) is 0 Å². The van der Waals surface area contributed by atoms with Gasteiger partial charge < -0.3 is 19.6 Å². The van der Waals surface area contributed by atoms with Gasteiger partial charge in [0.25, 0.3) is 0 Å². The second-order valence-corrected chi connectivity index (χ2v) is 6.52. The van der Waals surface area contributed by atoms with Crippen molar-refractivity contribution in [1.82, 2.24) is 0 Å². The molecular weight excluding hydrogens is 390 g/mol. The molecule has 0 spiro atoms. The van der Waals surface area contributed by atoms with Gasteiger partial charge in [0, 0.05) is 0 Å². The van der Waals surface area contributed by atoms with E-state index >= 15 is 0 Å². The van der Waals surface area contributed by atoms with Crippen molar-refractivity contribution >= 4 is 15.2 Å². The second-order valence-electron chi connectivity index (χ2n) is 3.30. The predicted molar refractivity (Wildman–Crippen MR) is 46.0 cm³/mol. The van der Waals surface area contributed by atoms with Gasteiger partial charge in [-0.25, -0.2) is 9.47 Å². The van der Waals surface area contributed by atoms with Crippen molar-refractivity contribution in [2.75, 3.05) is 0 Å². The van der Waals surface area contributed by atoms with Gasteiger partial charge >= 0.3 is 39.1 Å². The molecule has 0 radical (unpaired) electrons. The fourth-order valence-corrected chi connectivity index (χ4v) is 1.01. The van der Waals surface area contributed by atoms with Crippen LogP contribution in [0, 0.1) is 0 Å². The Labute approximate surface area is 113 Å². The molecule has 0 fully saturated rings. The topological polar surface area (TPSA) is 134 Å². The van der Waals surface area contributed by atoms with Gasteiger partial charge in [0.2, 0.25) is 0 Å². The summed E-state index contributed by atoms with van der Waals surface area (Å²) in [5.41, 5.74) is 0. The molecule has 0 atom stereocenters. The van der Waals surface area contributed by atoms with E-state index in [9.17, 15) is 44.3 Å². The van der Waals surface area contributed by atoms with Gasteiger partial charge in [-0.05, 0) is 0 Å². The van der Waals surface area contributed by atoms with E-state index in [4.69, 9.17) is 19.6 Å². The summed E-state index contributed by atoms with van der Waals surface area (Å²) in [6.07, 6.45) is -13.6. The van der Waals surface area contributed by atoms with Gasteiger partial charge in [0.1, 0.15) is 0 Å². The maximum atomic E-state index is 12.6. The molecule has 0 aliphatic rings. The molecule has 0 saturated carbocycles. The van der Waals surface area contributed by atoms with Gasteiger partial charge in [0.05, 0.1) is 0 Å². The van der Waals surface area contributed by atoms with E-state index in [1.807, 2.05) is 9.47 Å². The zero-order chi connectivity index (χ0) is 18.4. The summed E-state index contributed by atoms with van der Waals surface area (Å²) < 4.78 is 124. The molecule has 0 bridgehead atoms. The Morgan fingerprint density at radius 2 is 0.773 bits per heavy atom. The molecule has 4 N–H and O–H groups in total. The fraction of sp³-hybridized carbons (Fsp3) is 1.00. The first-order valence-corrected chi connectivity index (χ1v) is 7.42. The SMILES string of the molecule is O=P(O)(O)C(F)(F)OC(F)(F)C(F)(F)OC(F)(F)P(=O)(O)O. The van der Waals surface area contributed by atoms with Gasteiger partial charge in [-0.2, -0.15) is 35.1 Å². The minimum Gasteiger partial charge on any atom is -0.318 e. The number of ether oxygens (including phenoxy) is 2. The van der Waals surface area contributed by atoms with Crippen molar-refractivity contribution in [3.8, 4) is 0 Å². The summed E-state index contributed by atoms with van der Waals surface area (Å²) in [6, 6.07) is 0. The molecule has 134 valence electrons. The minimum atomic E-state index is -6.88. The quantitative estimate of drug-likeness (QED) is 0.379. The molecule has 0 aliphatic heterocycles. The first kappa shape index (κ1) is 21.7. The van der Waals surface area contributed by atoms with E-state index in [1.165, 1.54) is 0 Å². The summed E-state index contributed by atoms with van der Waals surface area (Å²) >= 11 is 0. The van der Waals surface area contributed by atoms with Crippen molar-refractivity contribution < 1.29 is 73.3 Å². The first-order chi connectivity index (χ1) is 9.16. The monoisotopic (exact) mass is 394 g/mol. The Balaban J connectivity index is 5.53. The van der Waals surface area contributed by atoms with Gasteiger partial charge in [-0.15, -0.1) is 0 Å². The lowest BCUT2D eigenvalue weighted by molar-refractivity contribution is -0.493. The lowest BCUT2D eigenvalue weighted by Crippen LogP contribution is -2.51. The smallest absolute Gasteiger partial charge is 0.318 e. The van der Waals surface area contributed by atoms with Crippen molar-refractivity contribution in [2.45, 2.75) is 23.9 Å². The molecule has 18 heteroatoms. The number of rotatable bonds is 7. The highest BCUT2D eigenvalue weighted by molar-refractivity contribution is 7.53. The van der Waals surface area contributed by atoms with E-state index in [0.717, 1.165) is 0 Å². The Morgan fingerprint density at radius 1 is 0.591 bits per heavy atom. The van der Waals surface area contributed by atoms with Gasteiger partial charge in [0.15, 0.2) is 0 Å². The molecule has 0 aromatic rings. The highest BCUT2D eigenvalue weighted by atomic mass is 31.2. The van der Waals surface area contributed by atoms with Crippen LogP contribution in [-0.2, 0) is 18.6 Å². The number of alkyl halides is 8. The van der Waals surface area contributed by atoms with Crippen molar-refractivity contribution in [3.05, 3.63) is 0 Å². The molecule has 0 aromatic carbocycles. The van der Waals surface area contributed by atoms with E-state index in [-0.39, 0.29) is 0 Å². The Hall–Kier alpha value is -0.340. The van der Waals surface area contributed by atoms with E-state index in [1.54, 1.807) is 0 Å². The number of hydrogen-bond acceptors (Lipinski definition) is 4.